The predicted octanol–water partition coefficient (Wildman–Crippen LogP) is 4.77. The van der Waals surface area contributed by atoms with Crippen LogP contribution in [0.3, 0.4) is 0 Å². The molecule has 0 spiro atoms. The lowest BCUT2D eigenvalue weighted by atomic mass is 9.87. The number of anilines is 2. The molecular formula is C22H19F3N4O4. The van der Waals surface area contributed by atoms with Gasteiger partial charge in [-0.1, -0.05) is 5.16 Å². The molecule has 172 valence electrons. The summed E-state index contributed by atoms with van der Waals surface area (Å²) >= 11 is 0. The van der Waals surface area contributed by atoms with Gasteiger partial charge in [0.05, 0.1) is 24.3 Å². The lowest BCUT2D eigenvalue weighted by Crippen LogP contribution is -2.42. The summed E-state index contributed by atoms with van der Waals surface area (Å²) in [6, 6.07) is 8.54. The molecule has 0 saturated heterocycles. The fourth-order valence-electron chi connectivity index (χ4n) is 3.48. The molecule has 11 heteroatoms. The van der Waals surface area contributed by atoms with Crippen LogP contribution in [0.25, 0.3) is 0 Å². The summed E-state index contributed by atoms with van der Waals surface area (Å²) < 4.78 is 45.9. The maximum Gasteiger partial charge on any atom is 0.435 e. The topological polar surface area (TPSA) is 113 Å². The Morgan fingerprint density at radius 1 is 1.18 bits per heavy atom. The summed E-state index contributed by atoms with van der Waals surface area (Å²) in [7, 11) is 1.17. The molecule has 1 heterocycles. The van der Waals surface area contributed by atoms with E-state index in [4.69, 9.17) is 4.84 Å². The first-order valence-corrected chi connectivity index (χ1v) is 9.61. The quantitative estimate of drug-likeness (QED) is 0.683. The molecule has 0 aliphatic carbocycles. The van der Waals surface area contributed by atoms with E-state index in [1.54, 1.807) is 13.8 Å². The molecule has 0 bridgehead atoms. The minimum Gasteiger partial charge on any atom is -0.453 e. The average Bonchev–Trinajstić information content (AvgIpc) is 3.27. The van der Waals surface area contributed by atoms with Gasteiger partial charge in [0.1, 0.15) is 0 Å². The van der Waals surface area contributed by atoms with Gasteiger partial charge in [-0.2, -0.15) is 18.4 Å². The SMILES string of the molecule is COC(=O)Nc1ccc(C#N)c(C(=O)Nc2c(C)cc(C3(C(F)(F)F)CC=NO3)cc2C)c1. The molecule has 0 radical (unpaired) electrons. The van der Waals surface area contributed by atoms with Crippen molar-refractivity contribution in [1.82, 2.24) is 0 Å². The first-order chi connectivity index (χ1) is 15.5. The number of halogens is 3. The van der Waals surface area contributed by atoms with Crippen LogP contribution < -0.4 is 10.6 Å². The Bertz CT molecular complexity index is 1150. The lowest BCUT2D eigenvalue weighted by Gasteiger charge is -2.30. The van der Waals surface area contributed by atoms with E-state index in [0.29, 0.717) is 11.1 Å². The van der Waals surface area contributed by atoms with Crippen molar-refractivity contribution in [2.45, 2.75) is 32.0 Å². The molecule has 1 unspecified atom stereocenters. The summed E-state index contributed by atoms with van der Waals surface area (Å²) in [5.41, 5.74) is -1.49. The lowest BCUT2D eigenvalue weighted by molar-refractivity contribution is -0.275. The van der Waals surface area contributed by atoms with Crippen LogP contribution in [-0.2, 0) is 15.2 Å². The second-order valence-corrected chi connectivity index (χ2v) is 7.34. The number of benzene rings is 2. The molecule has 33 heavy (non-hydrogen) atoms. The number of rotatable bonds is 4. The van der Waals surface area contributed by atoms with E-state index in [-0.39, 0.29) is 28.1 Å². The predicted molar refractivity (Wildman–Crippen MR) is 113 cm³/mol. The zero-order valence-corrected chi connectivity index (χ0v) is 17.8. The van der Waals surface area contributed by atoms with Gasteiger partial charge in [0.2, 0.25) is 0 Å². The van der Waals surface area contributed by atoms with Crippen LogP contribution in [0.15, 0.2) is 35.5 Å². The third kappa shape index (κ3) is 4.45. The molecular weight excluding hydrogens is 441 g/mol. The maximum atomic E-state index is 13.8. The molecule has 2 amide bonds. The highest BCUT2D eigenvalue weighted by Gasteiger charge is 2.60. The molecule has 0 saturated carbocycles. The van der Waals surface area contributed by atoms with Crippen molar-refractivity contribution in [3.63, 3.8) is 0 Å². The summed E-state index contributed by atoms with van der Waals surface area (Å²) in [5, 5.41) is 17.7. The fraction of sp³-hybridized carbons (Fsp3) is 0.273. The summed E-state index contributed by atoms with van der Waals surface area (Å²) in [4.78, 5) is 29.1. The summed E-state index contributed by atoms with van der Waals surface area (Å²) in [5.74, 6) is -0.676. The van der Waals surface area contributed by atoms with Crippen molar-refractivity contribution in [1.29, 1.82) is 5.26 Å². The fourth-order valence-corrected chi connectivity index (χ4v) is 3.48. The highest BCUT2D eigenvalue weighted by atomic mass is 19.4. The van der Waals surface area contributed by atoms with Crippen LogP contribution in [0.1, 0.15) is 39.0 Å². The molecule has 2 N–H and O–H groups in total. The zero-order chi connectivity index (χ0) is 24.4. The van der Waals surface area contributed by atoms with Crippen LogP contribution in [0, 0.1) is 25.2 Å². The number of nitrogens with zero attached hydrogens (tertiary/aromatic N) is 2. The van der Waals surface area contributed by atoms with Gasteiger partial charge in [-0.25, -0.2) is 4.79 Å². The van der Waals surface area contributed by atoms with Crippen LogP contribution in [-0.4, -0.2) is 31.5 Å². The molecule has 1 aliphatic rings. The largest absolute Gasteiger partial charge is 0.453 e. The molecule has 1 atom stereocenters. The molecule has 1 aliphatic heterocycles. The Morgan fingerprint density at radius 3 is 2.36 bits per heavy atom. The minimum atomic E-state index is -4.71. The van der Waals surface area contributed by atoms with E-state index < -0.39 is 30.2 Å². The van der Waals surface area contributed by atoms with Gasteiger partial charge >= 0.3 is 12.3 Å². The molecule has 0 aromatic heterocycles. The summed E-state index contributed by atoms with van der Waals surface area (Å²) in [6.07, 6.45) is -4.87. The Balaban J connectivity index is 1.95. The minimum absolute atomic E-state index is 0.0337. The number of alkyl halides is 3. The number of hydrogen-bond acceptors (Lipinski definition) is 6. The first kappa shape index (κ1) is 23.6. The van der Waals surface area contributed by atoms with Crippen molar-refractivity contribution < 1.29 is 32.3 Å². The second kappa shape index (κ2) is 8.82. The molecule has 8 nitrogen and oxygen atoms in total. The first-order valence-electron chi connectivity index (χ1n) is 9.61. The molecule has 3 rings (SSSR count). The Morgan fingerprint density at radius 2 is 1.85 bits per heavy atom. The number of carbonyl (C=O) groups is 2. The van der Waals surface area contributed by atoms with Crippen LogP contribution in [0.2, 0.25) is 0 Å². The number of oxime groups is 1. The van der Waals surface area contributed by atoms with E-state index in [1.807, 2.05) is 6.07 Å². The highest BCUT2D eigenvalue weighted by molar-refractivity contribution is 6.07. The van der Waals surface area contributed by atoms with E-state index in [9.17, 15) is 28.0 Å². The number of carbonyl (C=O) groups excluding carboxylic acids is 2. The monoisotopic (exact) mass is 460 g/mol. The van der Waals surface area contributed by atoms with Crippen molar-refractivity contribution in [3.8, 4) is 6.07 Å². The third-order valence-corrected chi connectivity index (χ3v) is 5.17. The van der Waals surface area contributed by atoms with Crippen molar-refractivity contribution in [2.24, 2.45) is 5.16 Å². The van der Waals surface area contributed by atoms with Gasteiger partial charge in [-0.05, 0) is 55.3 Å². The third-order valence-electron chi connectivity index (χ3n) is 5.17. The van der Waals surface area contributed by atoms with Crippen LogP contribution in [0.5, 0.6) is 0 Å². The normalized spacial score (nSPS) is 17.1. The van der Waals surface area contributed by atoms with E-state index in [2.05, 4.69) is 20.5 Å². The Hall–Kier alpha value is -4.07. The van der Waals surface area contributed by atoms with Gasteiger partial charge in [0.25, 0.3) is 11.5 Å². The van der Waals surface area contributed by atoms with Gasteiger partial charge in [0.15, 0.2) is 0 Å². The number of aryl methyl sites for hydroxylation is 2. The van der Waals surface area contributed by atoms with Crippen LogP contribution in [0.4, 0.5) is 29.3 Å². The van der Waals surface area contributed by atoms with Gasteiger partial charge in [0, 0.05) is 29.6 Å². The molecule has 2 aromatic rings. The van der Waals surface area contributed by atoms with E-state index in [1.165, 1.54) is 37.4 Å². The second-order valence-electron chi connectivity index (χ2n) is 7.34. The van der Waals surface area contributed by atoms with Crippen molar-refractivity contribution in [2.75, 3.05) is 17.7 Å². The zero-order valence-electron chi connectivity index (χ0n) is 17.8. The average molecular weight is 460 g/mol. The number of methoxy groups -OCH3 is 1. The Labute approximate surface area is 187 Å². The van der Waals surface area contributed by atoms with Gasteiger partial charge in [-0.15, -0.1) is 0 Å². The number of nitriles is 1. The number of amides is 2. The van der Waals surface area contributed by atoms with E-state index >= 15 is 0 Å². The van der Waals surface area contributed by atoms with Crippen molar-refractivity contribution >= 4 is 29.6 Å². The summed E-state index contributed by atoms with van der Waals surface area (Å²) in [6.45, 7) is 3.10. The Kier molecular flexibility index (Phi) is 6.30. The van der Waals surface area contributed by atoms with Crippen LogP contribution >= 0.6 is 0 Å². The standard InChI is InChI=1S/C22H19F3N4O4/c1-12-8-15(21(22(23,24)25)6-7-27-33-21)9-13(2)18(12)29-19(30)17-10-16(28-20(31)32-3)5-4-14(17)11-26/h4-5,7-10H,6H2,1-3H3,(H,28,31)(H,29,30). The number of hydrogen-bond donors (Lipinski definition) is 2. The smallest absolute Gasteiger partial charge is 0.435 e. The van der Waals surface area contributed by atoms with Gasteiger partial charge in [-0.3, -0.25) is 10.1 Å². The number of nitrogens with one attached hydrogen (secondary N) is 2. The number of ether oxygens (including phenoxy) is 1. The van der Waals surface area contributed by atoms with Crippen molar-refractivity contribution in [3.05, 3.63) is 58.1 Å². The highest BCUT2D eigenvalue weighted by Crippen LogP contribution is 2.47. The maximum absolute atomic E-state index is 13.8. The van der Waals surface area contributed by atoms with Gasteiger partial charge < -0.3 is 14.9 Å². The van der Waals surface area contributed by atoms with E-state index in [0.717, 1.165) is 6.21 Å². The molecule has 0 fully saturated rings. The molecule has 2 aromatic carbocycles.